The second kappa shape index (κ2) is 5.88. The highest BCUT2D eigenvalue weighted by atomic mass is 16.6. The van der Waals surface area contributed by atoms with Gasteiger partial charge in [0.15, 0.2) is 17.2 Å². The normalized spacial score (nSPS) is 12.6. The Balaban J connectivity index is 1.86. The molecule has 0 fully saturated rings. The molecule has 22 heavy (non-hydrogen) atoms. The van der Waals surface area contributed by atoms with Crippen LogP contribution in [0, 0.1) is 6.92 Å². The third kappa shape index (κ3) is 2.93. The highest BCUT2D eigenvalue weighted by Gasteiger charge is 2.14. The number of aromatic nitrogens is 2. The lowest BCUT2D eigenvalue weighted by Crippen LogP contribution is -2.15. The van der Waals surface area contributed by atoms with Gasteiger partial charge in [0.05, 0.1) is 7.11 Å². The molecule has 1 aromatic heterocycles. The highest BCUT2D eigenvalue weighted by molar-refractivity contribution is 5.87. The number of methoxy groups -OCH3 is 1. The largest absolute Gasteiger partial charge is 0.486 e. The van der Waals surface area contributed by atoms with Crippen molar-refractivity contribution >= 4 is 17.6 Å². The van der Waals surface area contributed by atoms with Gasteiger partial charge >= 0.3 is 5.97 Å². The number of rotatable bonds is 3. The van der Waals surface area contributed by atoms with Gasteiger partial charge in [-0.3, -0.25) is 0 Å². The lowest BCUT2D eigenvalue weighted by Gasteiger charge is -2.19. The number of anilines is 2. The summed E-state index contributed by atoms with van der Waals surface area (Å²) in [5, 5.41) is 3.05. The second-order valence-electron chi connectivity index (χ2n) is 4.69. The Labute approximate surface area is 127 Å². The first-order valence-electron chi connectivity index (χ1n) is 6.76. The second-order valence-corrected chi connectivity index (χ2v) is 4.69. The van der Waals surface area contributed by atoms with Gasteiger partial charge in [0, 0.05) is 17.4 Å². The van der Waals surface area contributed by atoms with Gasteiger partial charge in [0.25, 0.3) is 0 Å². The molecule has 3 rings (SSSR count). The number of hydrogen-bond donors (Lipinski definition) is 1. The molecule has 0 unspecified atom stereocenters. The van der Waals surface area contributed by atoms with Gasteiger partial charge < -0.3 is 19.5 Å². The van der Waals surface area contributed by atoms with E-state index in [1.54, 1.807) is 19.1 Å². The summed E-state index contributed by atoms with van der Waals surface area (Å²) >= 11 is 0. The number of fused-ring (bicyclic) bond motifs is 1. The van der Waals surface area contributed by atoms with E-state index < -0.39 is 5.97 Å². The number of nitrogens with one attached hydrogen (secondary N) is 1. The first kappa shape index (κ1) is 14.1. The van der Waals surface area contributed by atoms with Crippen LogP contribution in [0.25, 0.3) is 0 Å². The lowest BCUT2D eigenvalue weighted by atomic mass is 10.2. The molecule has 1 aliphatic heterocycles. The monoisotopic (exact) mass is 301 g/mol. The molecule has 0 saturated carbocycles. The van der Waals surface area contributed by atoms with Crippen LogP contribution in [0.3, 0.4) is 0 Å². The van der Waals surface area contributed by atoms with Gasteiger partial charge in [-0.2, -0.15) is 0 Å². The van der Waals surface area contributed by atoms with Crippen LogP contribution in [-0.2, 0) is 4.74 Å². The first-order chi connectivity index (χ1) is 10.7. The van der Waals surface area contributed by atoms with Crippen molar-refractivity contribution < 1.29 is 19.0 Å². The summed E-state index contributed by atoms with van der Waals surface area (Å²) in [6, 6.07) is 7.02. The maximum absolute atomic E-state index is 11.6. The average molecular weight is 301 g/mol. The SMILES string of the molecule is COC(=O)c1cc(C)nc(Nc2ccc3c(c2)OCCO3)n1. The predicted octanol–water partition coefficient (Wildman–Crippen LogP) is 2.09. The molecule has 1 aromatic carbocycles. The number of nitrogens with zero attached hydrogens (tertiary/aromatic N) is 2. The molecular weight excluding hydrogens is 286 g/mol. The number of aryl methyl sites for hydroxylation is 1. The fourth-order valence-corrected chi connectivity index (χ4v) is 2.08. The summed E-state index contributed by atoms with van der Waals surface area (Å²) in [4.78, 5) is 20.0. The quantitative estimate of drug-likeness (QED) is 0.869. The Bertz CT molecular complexity index is 718. The van der Waals surface area contributed by atoms with E-state index in [-0.39, 0.29) is 5.69 Å². The third-order valence-corrected chi connectivity index (χ3v) is 3.05. The van der Waals surface area contributed by atoms with Gasteiger partial charge in [0.2, 0.25) is 5.95 Å². The fraction of sp³-hybridized carbons (Fsp3) is 0.267. The minimum absolute atomic E-state index is 0.204. The molecule has 0 bridgehead atoms. The van der Waals surface area contributed by atoms with Crippen LogP contribution in [0.5, 0.6) is 11.5 Å². The number of benzene rings is 1. The van der Waals surface area contributed by atoms with Crippen molar-refractivity contribution in [3.8, 4) is 11.5 Å². The van der Waals surface area contributed by atoms with Crippen LogP contribution in [0.1, 0.15) is 16.2 Å². The van der Waals surface area contributed by atoms with Gasteiger partial charge in [-0.25, -0.2) is 14.8 Å². The van der Waals surface area contributed by atoms with Gasteiger partial charge in [-0.15, -0.1) is 0 Å². The van der Waals surface area contributed by atoms with E-state index in [1.807, 2.05) is 12.1 Å². The van der Waals surface area contributed by atoms with Crippen molar-refractivity contribution in [3.05, 3.63) is 35.7 Å². The Morgan fingerprint density at radius 3 is 2.73 bits per heavy atom. The van der Waals surface area contributed by atoms with Crippen molar-refractivity contribution in [1.82, 2.24) is 9.97 Å². The predicted molar refractivity (Wildman–Crippen MR) is 78.8 cm³/mol. The Hall–Kier alpha value is -2.83. The number of ether oxygens (including phenoxy) is 3. The van der Waals surface area contributed by atoms with Crippen LogP contribution in [0.2, 0.25) is 0 Å². The molecule has 0 amide bonds. The molecule has 0 atom stereocenters. The number of esters is 1. The zero-order valence-electron chi connectivity index (χ0n) is 12.3. The summed E-state index contributed by atoms with van der Waals surface area (Å²) in [6.07, 6.45) is 0. The number of hydrogen-bond acceptors (Lipinski definition) is 7. The van der Waals surface area contributed by atoms with E-state index in [2.05, 4.69) is 20.0 Å². The minimum atomic E-state index is -0.504. The summed E-state index contributed by atoms with van der Waals surface area (Å²) in [6.45, 7) is 2.84. The molecule has 7 heteroatoms. The fourth-order valence-electron chi connectivity index (χ4n) is 2.08. The summed E-state index contributed by atoms with van der Waals surface area (Å²) in [5.41, 5.74) is 1.61. The minimum Gasteiger partial charge on any atom is -0.486 e. The zero-order valence-corrected chi connectivity index (χ0v) is 12.3. The van der Waals surface area contributed by atoms with E-state index in [0.717, 1.165) is 5.69 Å². The highest BCUT2D eigenvalue weighted by Crippen LogP contribution is 2.33. The van der Waals surface area contributed by atoms with Gasteiger partial charge in [-0.05, 0) is 25.1 Å². The molecule has 114 valence electrons. The molecule has 1 N–H and O–H groups in total. The summed E-state index contributed by atoms with van der Waals surface area (Å²) in [7, 11) is 1.31. The molecular formula is C15H15N3O4. The van der Waals surface area contributed by atoms with Crippen LogP contribution in [-0.4, -0.2) is 36.3 Å². The standard InChI is InChI=1S/C15H15N3O4/c1-9-7-11(14(19)20-2)18-15(16-9)17-10-3-4-12-13(8-10)22-6-5-21-12/h3-4,7-8H,5-6H2,1-2H3,(H,16,17,18). The van der Waals surface area contributed by atoms with Crippen LogP contribution in [0.15, 0.2) is 24.3 Å². The molecule has 1 aliphatic rings. The molecule has 2 heterocycles. The molecule has 7 nitrogen and oxygen atoms in total. The van der Waals surface area contributed by atoms with Crippen molar-refractivity contribution in [2.45, 2.75) is 6.92 Å². The average Bonchev–Trinajstić information content (AvgIpc) is 2.53. The van der Waals surface area contributed by atoms with Gasteiger partial charge in [0.1, 0.15) is 13.2 Å². The third-order valence-electron chi connectivity index (χ3n) is 3.05. The molecule has 0 aliphatic carbocycles. The van der Waals surface area contributed by atoms with E-state index >= 15 is 0 Å². The Morgan fingerprint density at radius 2 is 1.95 bits per heavy atom. The van der Waals surface area contributed by atoms with Crippen LogP contribution < -0.4 is 14.8 Å². The van der Waals surface area contributed by atoms with E-state index in [0.29, 0.717) is 36.4 Å². The van der Waals surface area contributed by atoms with E-state index in [1.165, 1.54) is 7.11 Å². The lowest BCUT2D eigenvalue weighted by molar-refractivity contribution is 0.0594. The maximum Gasteiger partial charge on any atom is 0.356 e. The zero-order chi connectivity index (χ0) is 15.5. The number of carbonyl (C=O) groups is 1. The molecule has 0 spiro atoms. The van der Waals surface area contributed by atoms with Crippen LogP contribution >= 0.6 is 0 Å². The molecule has 0 radical (unpaired) electrons. The van der Waals surface area contributed by atoms with Crippen LogP contribution in [0.4, 0.5) is 11.6 Å². The van der Waals surface area contributed by atoms with Gasteiger partial charge in [-0.1, -0.05) is 0 Å². The smallest absolute Gasteiger partial charge is 0.356 e. The first-order valence-corrected chi connectivity index (χ1v) is 6.76. The summed E-state index contributed by atoms with van der Waals surface area (Å²) in [5.74, 6) is 1.18. The van der Waals surface area contributed by atoms with Crippen molar-refractivity contribution in [3.63, 3.8) is 0 Å². The van der Waals surface area contributed by atoms with Crippen molar-refractivity contribution in [2.24, 2.45) is 0 Å². The topological polar surface area (TPSA) is 82.6 Å². The Kier molecular flexibility index (Phi) is 3.78. The Morgan fingerprint density at radius 1 is 1.18 bits per heavy atom. The summed E-state index contributed by atoms with van der Waals surface area (Å²) < 4.78 is 15.7. The van der Waals surface area contributed by atoms with Crippen molar-refractivity contribution in [1.29, 1.82) is 0 Å². The van der Waals surface area contributed by atoms with E-state index in [4.69, 9.17) is 9.47 Å². The maximum atomic E-state index is 11.6. The molecule has 2 aromatic rings. The molecule has 0 saturated heterocycles. The van der Waals surface area contributed by atoms with E-state index in [9.17, 15) is 4.79 Å². The van der Waals surface area contributed by atoms with Crippen molar-refractivity contribution in [2.75, 3.05) is 25.6 Å². The number of carbonyl (C=O) groups excluding carboxylic acids is 1.